The van der Waals surface area contributed by atoms with Crippen molar-refractivity contribution < 1.29 is 9.53 Å². The van der Waals surface area contributed by atoms with Gasteiger partial charge in [-0.3, -0.25) is 4.79 Å². The van der Waals surface area contributed by atoms with Crippen LogP contribution in [-0.2, 0) is 6.73 Å². The fourth-order valence-electron chi connectivity index (χ4n) is 2.36. The molecule has 0 saturated heterocycles. The van der Waals surface area contributed by atoms with Crippen LogP contribution in [0, 0.1) is 13.8 Å². The molecule has 0 atom stereocenters. The van der Waals surface area contributed by atoms with Crippen molar-refractivity contribution in [2.75, 3.05) is 5.32 Å². The predicted octanol–water partition coefficient (Wildman–Crippen LogP) is 5.10. The van der Waals surface area contributed by atoms with Crippen molar-refractivity contribution in [2.45, 2.75) is 20.6 Å². The monoisotopic (exact) mass is 389 g/mol. The number of para-hydroxylation sites is 1. The third kappa shape index (κ3) is 4.18. The van der Waals surface area contributed by atoms with E-state index in [1.54, 1.807) is 30.5 Å². The lowest BCUT2D eigenvalue weighted by atomic mass is 10.1. The van der Waals surface area contributed by atoms with E-state index in [0.717, 1.165) is 16.8 Å². The average molecular weight is 390 g/mol. The molecule has 1 amide bonds. The number of halogens is 2. The van der Waals surface area contributed by atoms with Gasteiger partial charge in [0.05, 0.1) is 10.0 Å². The summed E-state index contributed by atoms with van der Waals surface area (Å²) in [5.41, 5.74) is 3.12. The van der Waals surface area contributed by atoms with Crippen molar-refractivity contribution in [3.63, 3.8) is 0 Å². The molecule has 0 aliphatic carbocycles. The van der Waals surface area contributed by atoms with E-state index in [-0.39, 0.29) is 12.6 Å². The highest BCUT2D eigenvalue weighted by atomic mass is 35.5. The van der Waals surface area contributed by atoms with Gasteiger partial charge in [-0.2, -0.15) is 5.10 Å². The number of nitrogens with one attached hydrogen (secondary N) is 1. The molecule has 1 heterocycles. The number of aryl methyl sites for hydroxylation is 2. The second-order valence-electron chi connectivity index (χ2n) is 5.84. The number of rotatable bonds is 5. The number of hydrogen-bond acceptors (Lipinski definition) is 3. The Balaban J connectivity index is 1.67. The number of hydrogen-bond donors (Lipinski definition) is 1. The summed E-state index contributed by atoms with van der Waals surface area (Å²) in [6.45, 7) is 4.00. The fraction of sp³-hybridized carbons (Fsp3) is 0.158. The Labute approximate surface area is 161 Å². The zero-order valence-corrected chi connectivity index (χ0v) is 15.8. The normalized spacial score (nSPS) is 10.6. The molecule has 0 radical (unpaired) electrons. The minimum Gasteiger partial charge on any atom is -0.468 e. The molecule has 1 aromatic heterocycles. The van der Waals surface area contributed by atoms with E-state index in [1.807, 2.05) is 32.0 Å². The number of nitrogens with zero attached hydrogens (tertiary/aromatic N) is 2. The second kappa shape index (κ2) is 7.81. The van der Waals surface area contributed by atoms with E-state index >= 15 is 0 Å². The average Bonchev–Trinajstić information content (AvgIpc) is 3.07. The topological polar surface area (TPSA) is 56.2 Å². The third-order valence-corrected chi connectivity index (χ3v) is 4.37. The van der Waals surface area contributed by atoms with E-state index in [2.05, 4.69) is 10.4 Å². The predicted molar refractivity (Wildman–Crippen MR) is 103 cm³/mol. The van der Waals surface area contributed by atoms with Crippen molar-refractivity contribution >= 4 is 34.8 Å². The highest BCUT2D eigenvalue weighted by Gasteiger charge is 2.12. The maximum absolute atomic E-state index is 12.4. The van der Waals surface area contributed by atoms with Crippen molar-refractivity contribution in [2.24, 2.45) is 0 Å². The molecule has 5 nitrogen and oxygen atoms in total. The molecule has 0 unspecified atom stereocenters. The molecule has 1 N–H and O–H groups in total. The summed E-state index contributed by atoms with van der Waals surface area (Å²) < 4.78 is 7.10. The van der Waals surface area contributed by atoms with Crippen LogP contribution < -0.4 is 10.1 Å². The highest BCUT2D eigenvalue weighted by molar-refractivity contribution is 6.37. The van der Waals surface area contributed by atoms with Crippen molar-refractivity contribution in [1.29, 1.82) is 0 Å². The molecule has 0 fully saturated rings. The summed E-state index contributed by atoms with van der Waals surface area (Å²) in [5.74, 6) is 0.0981. The van der Waals surface area contributed by atoms with Gasteiger partial charge >= 0.3 is 0 Å². The number of anilines is 1. The Morgan fingerprint density at radius 1 is 1.15 bits per heavy atom. The summed E-state index contributed by atoms with van der Waals surface area (Å²) in [4.78, 5) is 12.4. The summed E-state index contributed by atoms with van der Waals surface area (Å²) >= 11 is 12.1. The van der Waals surface area contributed by atoms with Gasteiger partial charge in [0.25, 0.3) is 5.91 Å². The summed E-state index contributed by atoms with van der Waals surface area (Å²) in [6.07, 6.45) is 1.66. The van der Waals surface area contributed by atoms with Gasteiger partial charge in [0.2, 0.25) is 0 Å². The van der Waals surface area contributed by atoms with Crippen LogP contribution in [0.4, 0.5) is 5.69 Å². The quantitative estimate of drug-likeness (QED) is 0.660. The second-order valence-corrected chi connectivity index (χ2v) is 6.65. The Morgan fingerprint density at radius 3 is 2.62 bits per heavy atom. The maximum Gasteiger partial charge on any atom is 0.276 e. The van der Waals surface area contributed by atoms with Gasteiger partial charge in [-0.05, 0) is 49.2 Å². The number of carbonyl (C=O) groups excluding carboxylic acids is 1. The summed E-state index contributed by atoms with van der Waals surface area (Å²) in [5, 5.41) is 7.93. The number of carbonyl (C=O) groups is 1. The lowest BCUT2D eigenvalue weighted by Crippen LogP contribution is -2.15. The zero-order valence-electron chi connectivity index (χ0n) is 14.3. The first kappa shape index (κ1) is 18.3. The van der Waals surface area contributed by atoms with Crippen molar-refractivity contribution in [3.8, 4) is 5.75 Å². The molecule has 2 aromatic carbocycles. The van der Waals surface area contributed by atoms with Crippen LogP contribution in [0.2, 0.25) is 10.0 Å². The van der Waals surface area contributed by atoms with Gasteiger partial charge in [0.15, 0.2) is 18.2 Å². The molecule has 3 aromatic rings. The Morgan fingerprint density at radius 2 is 1.88 bits per heavy atom. The molecule has 0 aliphatic heterocycles. The SMILES string of the molecule is Cc1ccc(C)c(NC(=O)c2ccn(COc3c(Cl)cccc3Cl)n2)c1. The smallest absolute Gasteiger partial charge is 0.276 e. The first-order valence-corrected chi connectivity index (χ1v) is 8.68. The minimum absolute atomic E-state index is 0.0835. The first-order chi connectivity index (χ1) is 12.4. The Hall–Kier alpha value is -2.50. The number of amides is 1. The highest BCUT2D eigenvalue weighted by Crippen LogP contribution is 2.32. The van der Waals surface area contributed by atoms with Crippen molar-refractivity contribution in [3.05, 3.63) is 75.5 Å². The summed E-state index contributed by atoms with van der Waals surface area (Å²) in [6, 6.07) is 12.6. The van der Waals surface area contributed by atoms with Crippen LogP contribution in [0.15, 0.2) is 48.7 Å². The van der Waals surface area contributed by atoms with Gasteiger partial charge < -0.3 is 10.1 Å². The number of benzene rings is 2. The van der Waals surface area contributed by atoms with Gasteiger partial charge in [-0.1, -0.05) is 41.4 Å². The van der Waals surface area contributed by atoms with E-state index in [1.165, 1.54) is 4.68 Å². The van der Waals surface area contributed by atoms with E-state index in [9.17, 15) is 4.79 Å². The standard InChI is InChI=1S/C19H17Cl2N3O2/c1-12-6-7-13(2)17(10-12)22-19(25)16-8-9-24(23-16)11-26-18-14(20)4-3-5-15(18)21/h3-10H,11H2,1-2H3,(H,22,25). The minimum atomic E-state index is -0.284. The lowest BCUT2D eigenvalue weighted by molar-refractivity contribution is 0.102. The molecule has 0 spiro atoms. The molecule has 7 heteroatoms. The molecule has 3 rings (SSSR count). The number of ether oxygens (including phenoxy) is 1. The molecule has 0 saturated carbocycles. The largest absolute Gasteiger partial charge is 0.468 e. The maximum atomic E-state index is 12.4. The van der Waals surface area contributed by atoms with Gasteiger partial charge in [-0.25, -0.2) is 4.68 Å². The van der Waals surface area contributed by atoms with Crippen LogP contribution >= 0.6 is 23.2 Å². The van der Waals surface area contributed by atoms with Crippen LogP contribution in [-0.4, -0.2) is 15.7 Å². The van der Waals surface area contributed by atoms with E-state index in [4.69, 9.17) is 27.9 Å². The number of aromatic nitrogens is 2. The Bertz CT molecular complexity index is 933. The van der Waals surface area contributed by atoms with Crippen LogP contribution in [0.3, 0.4) is 0 Å². The van der Waals surface area contributed by atoms with Gasteiger partial charge in [0, 0.05) is 11.9 Å². The molecule has 0 aliphatic rings. The van der Waals surface area contributed by atoms with Crippen LogP contribution in [0.25, 0.3) is 0 Å². The lowest BCUT2D eigenvalue weighted by Gasteiger charge is -2.10. The van der Waals surface area contributed by atoms with Gasteiger partial charge in [0.1, 0.15) is 0 Å². The molecular weight excluding hydrogens is 373 g/mol. The Kier molecular flexibility index (Phi) is 5.49. The molecular formula is C19H17Cl2N3O2. The molecule has 0 bridgehead atoms. The van der Waals surface area contributed by atoms with Gasteiger partial charge in [-0.15, -0.1) is 0 Å². The first-order valence-electron chi connectivity index (χ1n) is 7.93. The van der Waals surface area contributed by atoms with Crippen LogP contribution in [0.1, 0.15) is 21.6 Å². The molecule has 26 heavy (non-hydrogen) atoms. The third-order valence-electron chi connectivity index (χ3n) is 3.77. The zero-order chi connectivity index (χ0) is 18.7. The van der Waals surface area contributed by atoms with Crippen molar-refractivity contribution in [1.82, 2.24) is 9.78 Å². The molecule has 134 valence electrons. The fourth-order valence-corrected chi connectivity index (χ4v) is 2.87. The van der Waals surface area contributed by atoms with E-state index < -0.39 is 0 Å². The van der Waals surface area contributed by atoms with Crippen LogP contribution in [0.5, 0.6) is 5.75 Å². The van der Waals surface area contributed by atoms with E-state index in [0.29, 0.717) is 21.5 Å². The summed E-state index contributed by atoms with van der Waals surface area (Å²) in [7, 11) is 0.